The van der Waals surface area contributed by atoms with Crippen molar-refractivity contribution in [2.24, 2.45) is 5.92 Å². The molecule has 1 rings (SSSR count). The summed E-state index contributed by atoms with van der Waals surface area (Å²) in [5.74, 6) is 0.291. The number of ether oxygens (including phenoxy) is 2. The van der Waals surface area contributed by atoms with Gasteiger partial charge < -0.3 is 14.8 Å². The Kier molecular flexibility index (Phi) is 4.99. The van der Waals surface area contributed by atoms with Crippen molar-refractivity contribution in [2.45, 2.75) is 58.1 Å². The van der Waals surface area contributed by atoms with Crippen molar-refractivity contribution >= 4 is 12.1 Å². The molecule has 0 bridgehead atoms. The van der Waals surface area contributed by atoms with Crippen LogP contribution in [0.15, 0.2) is 0 Å². The molecule has 18 heavy (non-hydrogen) atoms. The molecule has 0 saturated heterocycles. The summed E-state index contributed by atoms with van der Waals surface area (Å²) in [4.78, 5) is 23.2. The second kappa shape index (κ2) is 6.07. The van der Waals surface area contributed by atoms with Gasteiger partial charge in [0.25, 0.3) is 0 Å². The van der Waals surface area contributed by atoms with Crippen LogP contribution >= 0.6 is 0 Å². The number of hydrogen-bond donors (Lipinski definition) is 1. The molecule has 5 heteroatoms. The van der Waals surface area contributed by atoms with Crippen molar-refractivity contribution in [3.05, 3.63) is 0 Å². The first kappa shape index (κ1) is 14.8. The number of methoxy groups -OCH3 is 1. The minimum Gasteiger partial charge on any atom is -0.467 e. The van der Waals surface area contributed by atoms with Gasteiger partial charge in [-0.25, -0.2) is 9.59 Å². The highest BCUT2D eigenvalue weighted by Crippen LogP contribution is 2.33. The Morgan fingerprint density at radius 3 is 2.39 bits per heavy atom. The lowest BCUT2D eigenvalue weighted by Gasteiger charge is -2.22. The van der Waals surface area contributed by atoms with Crippen LogP contribution in [0.3, 0.4) is 0 Å². The predicted octanol–water partition coefficient (Wildman–Crippen LogP) is 2.24. The smallest absolute Gasteiger partial charge is 0.408 e. The summed E-state index contributed by atoms with van der Waals surface area (Å²) < 4.78 is 9.81. The van der Waals surface area contributed by atoms with Gasteiger partial charge in [0, 0.05) is 0 Å². The summed E-state index contributed by atoms with van der Waals surface area (Å²) in [6.45, 7) is 5.35. The zero-order valence-corrected chi connectivity index (χ0v) is 11.6. The van der Waals surface area contributed by atoms with Crippen LogP contribution in [0.2, 0.25) is 0 Å². The molecule has 1 aliphatic carbocycles. The summed E-state index contributed by atoms with van der Waals surface area (Å²) in [6, 6.07) is -0.606. The van der Waals surface area contributed by atoms with Crippen molar-refractivity contribution in [1.82, 2.24) is 5.32 Å². The van der Waals surface area contributed by atoms with Gasteiger partial charge in [0.05, 0.1) is 7.11 Å². The van der Waals surface area contributed by atoms with Gasteiger partial charge in [-0.15, -0.1) is 0 Å². The SMILES string of the molecule is COC(=O)[C@H](CCC1CC1)NC(=O)OC(C)(C)C. The Labute approximate surface area is 108 Å². The van der Waals surface area contributed by atoms with Crippen molar-refractivity contribution in [1.29, 1.82) is 0 Å². The minimum absolute atomic E-state index is 0.415. The summed E-state index contributed by atoms with van der Waals surface area (Å²) in [5.41, 5.74) is -0.568. The molecule has 0 aromatic heterocycles. The molecule has 1 saturated carbocycles. The van der Waals surface area contributed by atoms with Crippen LogP contribution in [-0.2, 0) is 14.3 Å². The van der Waals surface area contributed by atoms with E-state index in [2.05, 4.69) is 10.1 Å². The van der Waals surface area contributed by atoms with Crippen molar-refractivity contribution in [3.63, 3.8) is 0 Å². The van der Waals surface area contributed by atoms with E-state index in [1.807, 2.05) is 0 Å². The predicted molar refractivity (Wildman–Crippen MR) is 67.1 cm³/mol. The highest BCUT2D eigenvalue weighted by Gasteiger charge is 2.28. The van der Waals surface area contributed by atoms with E-state index in [0.717, 1.165) is 6.42 Å². The maximum Gasteiger partial charge on any atom is 0.408 e. The molecule has 0 heterocycles. The van der Waals surface area contributed by atoms with Gasteiger partial charge in [-0.1, -0.05) is 12.8 Å². The summed E-state index contributed by atoms with van der Waals surface area (Å²) >= 11 is 0. The number of carbonyl (C=O) groups is 2. The van der Waals surface area contributed by atoms with Crippen LogP contribution in [0.25, 0.3) is 0 Å². The van der Waals surface area contributed by atoms with Gasteiger partial charge in [-0.05, 0) is 39.5 Å². The van der Waals surface area contributed by atoms with Crippen LogP contribution in [-0.4, -0.2) is 30.8 Å². The second-order valence-corrected chi connectivity index (χ2v) is 5.74. The molecule has 1 N–H and O–H groups in total. The van der Waals surface area contributed by atoms with Gasteiger partial charge in [0.15, 0.2) is 0 Å². The molecular formula is C13H23NO4. The number of hydrogen-bond acceptors (Lipinski definition) is 4. The molecule has 0 radical (unpaired) electrons. The Hall–Kier alpha value is -1.26. The third kappa shape index (κ3) is 5.89. The van der Waals surface area contributed by atoms with E-state index < -0.39 is 23.7 Å². The lowest BCUT2D eigenvalue weighted by molar-refractivity contribution is -0.143. The first-order chi connectivity index (χ1) is 8.31. The quantitative estimate of drug-likeness (QED) is 0.767. The van der Waals surface area contributed by atoms with Gasteiger partial charge in [0.1, 0.15) is 11.6 Å². The zero-order chi connectivity index (χ0) is 13.8. The van der Waals surface area contributed by atoms with E-state index in [1.165, 1.54) is 20.0 Å². The Balaban J connectivity index is 2.43. The van der Waals surface area contributed by atoms with Crippen LogP contribution in [0.4, 0.5) is 4.79 Å². The zero-order valence-electron chi connectivity index (χ0n) is 11.6. The fourth-order valence-electron chi connectivity index (χ4n) is 1.65. The first-order valence-corrected chi connectivity index (χ1v) is 6.39. The number of nitrogens with one attached hydrogen (secondary N) is 1. The first-order valence-electron chi connectivity index (χ1n) is 6.39. The molecular weight excluding hydrogens is 234 g/mol. The average Bonchev–Trinajstić information content (AvgIpc) is 3.04. The number of esters is 1. The standard InChI is InChI=1S/C13H23NO4/c1-13(2,3)18-12(16)14-10(11(15)17-4)8-7-9-5-6-9/h9-10H,5-8H2,1-4H3,(H,14,16)/t10-/m0/s1. The molecule has 0 spiro atoms. The largest absolute Gasteiger partial charge is 0.467 e. The number of carbonyl (C=O) groups excluding carboxylic acids is 2. The monoisotopic (exact) mass is 257 g/mol. The average molecular weight is 257 g/mol. The topological polar surface area (TPSA) is 64.6 Å². The third-order valence-corrected chi connectivity index (χ3v) is 2.74. The van der Waals surface area contributed by atoms with E-state index >= 15 is 0 Å². The highest BCUT2D eigenvalue weighted by molar-refractivity contribution is 5.81. The molecule has 5 nitrogen and oxygen atoms in total. The fraction of sp³-hybridized carbons (Fsp3) is 0.846. The summed E-state index contributed by atoms with van der Waals surface area (Å²) in [5, 5.41) is 2.57. The van der Waals surface area contributed by atoms with Crippen LogP contribution < -0.4 is 5.32 Å². The van der Waals surface area contributed by atoms with Crippen molar-refractivity contribution < 1.29 is 19.1 Å². The highest BCUT2D eigenvalue weighted by atomic mass is 16.6. The van der Waals surface area contributed by atoms with E-state index in [4.69, 9.17) is 4.74 Å². The van der Waals surface area contributed by atoms with Gasteiger partial charge in [-0.3, -0.25) is 0 Å². The Morgan fingerprint density at radius 2 is 1.94 bits per heavy atom. The molecule has 0 unspecified atom stereocenters. The molecule has 0 aromatic rings. The maximum absolute atomic E-state index is 11.6. The van der Waals surface area contributed by atoms with Gasteiger partial charge in [-0.2, -0.15) is 0 Å². The third-order valence-electron chi connectivity index (χ3n) is 2.74. The molecule has 1 fully saturated rings. The molecule has 0 aromatic carbocycles. The number of rotatable bonds is 5. The second-order valence-electron chi connectivity index (χ2n) is 5.74. The van der Waals surface area contributed by atoms with Crippen LogP contribution in [0.1, 0.15) is 46.5 Å². The molecule has 1 amide bonds. The van der Waals surface area contributed by atoms with Crippen molar-refractivity contribution in [2.75, 3.05) is 7.11 Å². The number of alkyl carbamates (subject to hydrolysis) is 1. The minimum atomic E-state index is -0.606. The van der Waals surface area contributed by atoms with Crippen LogP contribution in [0.5, 0.6) is 0 Å². The Morgan fingerprint density at radius 1 is 1.33 bits per heavy atom. The van der Waals surface area contributed by atoms with Crippen molar-refractivity contribution in [3.8, 4) is 0 Å². The molecule has 104 valence electrons. The van der Waals surface area contributed by atoms with E-state index in [-0.39, 0.29) is 0 Å². The number of amides is 1. The molecule has 1 atom stereocenters. The molecule has 0 aliphatic heterocycles. The van der Waals surface area contributed by atoms with E-state index in [9.17, 15) is 9.59 Å². The maximum atomic E-state index is 11.6. The summed E-state index contributed by atoms with van der Waals surface area (Å²) in [7, 11) is 1.32. The van der Waals surface area contributed by atoms with E-state index in [0.29, 0.717) is 12.3 Å². The fourth-order valence-corrected chi connectivity index (χ4v) is 1.65. The summed E-state index contributed by atoms with van der Waals surface area (Å²) in [6.07, 6.45) is 3.42. The lowest BCUT2D eigenvalue weighted by Crippen LogP contribution is -2.44. The van der Waals surface area contributed by atoms with Gasteiger partial charge >= 0.3 is 12.1 Å². The lowest BCUT2D eigenvalue weighted by atomic mass is 10.1. The van der Waals surface area contributed by atoms with E-state index in [1.54, 1.807) is 20.8 Å². The molecule has 1 aliphatic rings. The van der Waals surface area contributed by atoms with Gasteiger partial charge in [0.2, 0.25) is 0 Å². The van der Waals surface area contributed by atoms with Crippen LogP contribution in [0, 0.1) is 5.92 Å². The normalized spacial score (nSPS) is 16.9. The Bertz CT molecular complexity index is 305.